The van der Waals surface area contributed by atoms with Gasteiger partial charge >= 0.3 is 0 Å². The quantitative estimate of drug-likeness (QED) is 0.190. The van der Waals surface area contributed by atoms with Crippen molar-refractivity contribution in [3.8, 4) is 56.4 Å². The third-order valence-electron chi connectivity index (χ3n) is 10.8. The number of fused-ring (bicyclic) bond motifs is 6. The summed E-state index contributed by atoms with van der Waals surface area (Å²) in [6.07, 6.45) is 0. The normalized spacial score (nSPS) is 13.1. The zero-order chi connectivity index (χ0) is 34.1. The minimum atomic E-state index is -0.0709. The highest BCUT2D eigenvalue weighted by molar-refractivity contribution is 6.05. The molecule has 0 radical (unpaired) electrons. The van der Waals surface area contributed by atoms with Crippen molar-refractivity contribution in [3.05, 3.63) is 175 Å². The van der Waals surface area contributed by atoms with Gasteiger partial charge < -0.3 is 0 Å². The molecule has 0 spiro atoms. The maximum absolute atomic E-state index is 5.25. The molecule has 0 amide bonds. The maximum Gasteiger partial charge on any atom is 0.164 e. The number of aromatic nitrogens is 3. The molecule has 0 atom stereocenters. The largest absolute Gasteiger partial charge is 0.208 e. The molecular formula is C48H33N3. The summed E-state index contributed by atoms with van der Waals surface area (Å²) in [6, 6.07) is 58.4. The summed E-state index contributed by atoms with van der Waals surface area (Å²) >= 11 is 0. The lowest BCUT2D eigenvalue weighted by atomic mass is 9.81. The van der Waals surface area contributed by atoms with Crippen molar-refractivity contribution >= 4 is 32.3 Å². The van der Waals surface area contributed by atoms with E-state index in [-0.39, 0.29) is 5.41 Å². The van der Waals surface area contributed by atoms with Gasteiger partial charge in [-0.15, -0.1) is 0 Å². The molecule has 1 heterocycles. The molecule has 0 unspecified atom stereocenters. The highest BCUT2D eigenvalue weighted by atomic mass is 15.0. The zero-order valence-corrected chi connectivity index (χ0v) is 28.4. The summed E-state index contributed by atoms with van der Waals surface area (Å²) in [5, 5.41) is 6.81. The van der Waals surface area contributed by atoms with E-state index in [2.05, 4.69) is 178 Å². The van der Waals surface area contributed by atoms with E-state index in [1.807, 2.05) is 0 Å². The van der Waals surface area contributed by atoms with Crippen LogP contribution in [0.2, 0.25) is 0 Å². The Bertz CT molecular complexity index is 2740. The van der Waals surface area contributed by atoms with Crippen molar-refractivity contribution in [2.24, 2.45) is 0 Å². The predicted molar refractivity (Wildman–Crippen MR) is 212 cm³/mol. The molecule has 0 saturated heterocycles. The van der Waals surface area contributed by atoms with Gasteiger partial charge in [-0.25, -0.2) is 15.0 Å². The molecular weight excluding hydrogens is 619 g/mol. The van der Waals surface area contributed by atoms with Gasteiger partial charge in [0.25, 0.3) is 0 Å². The van der Waals surface area contributed by atoms with Crippen molar-refractivity contribution in [2.45, 2.75) is 19.3 Å². The Morgan fingerprint density at radius 2 is 0.745 bits per heavy atom. The van der Waals surface area contributed by atoms with Gasteiger partial charge in [0.2, 0.25) is 0 Å². The van der Waals surface area contributed by atoms with E-state index in [1.165, 1.54) is 38.8 Å². The maximum atomic E-state index is 5.25. The average molecular weight is 652 g/mol. The van der Waals surface area contributed by atoms with Crippen LogP contribution >= 0.6 is 0 Å². The lowest BCUT2D eigenvalue weighted by Gasteiger charge is -2.22. The molecule has 0 bridgehead atoms. The molecule has 1 aliphatic rings. The fraction of sp³-hybridized carbons (Fsp3) is 0.0625. The minimum Gasteiger partial charge on any atom is -0.208 e. The molecule has 3 nitrogen and oxygen atoms in total. The third kappa shape index (κ3) is 4.62. The first kappa shape index (κ1) is 29.5. The second kappa shape index (κ2) is 11.3. The highest BCUT2D eigenvalue weighted by Crippen LogP contribution is 2.50. The lowest BCUT2D eigenvalue weighted by molar-refractivity contribution is 0.660. The molecule has 1 aromatic heterocycles. The monoisotopic (exact) mass is 651 g/mol. The van der Waals surface area contributed by atoms with Crippen LogP contribution in [0.25, 0.3) is 88.7 Å². The number of nitrogens with zero attached hydrogens (tertiary/aromatic N) is 3. The number of rotatable bonds is 4. The SMILES string of the molecule is CC1(C)c2ccccc2-c2ccc(-c3cccc4c(-c5nc(-c6cccc7ccccc67)nc(-c6cccc7ccccc67)n5)cccc34)cc21. The Balaban J connectivity index is 1.19. The lowest BCUT2D eigenvalue weighted by Crippen LogP contribution is -2.14. The molecule has 0 N–H and O–H groups in total. The Morgan fingerprint density at radius 3 is 1.37 bits per heavy atom. The highest BCUT2D eigenvalue weighted by Gasteiger charge is 2.35. The average Bonchev–Trinajstić information content (AvgIpc) is 3.42. The smallest absolute Gasteiger partial charge is 0.164 e. The Kier molecular flexibility index (Phi) is 6.53. The van der Waals surface area contributed by atoms with Gasteiger partial charge in [0.15, 0.2) is 17.5 Å². The van der Waals surface area contributed by atoms with Gasteiger partial charge in [-0.3, -0.25) is 0 Å². The van der Waals surface area contributed by atoms with Crippen LogP contribution < -0.4 is 0 Å². The second-order valence-corrected chi connectivity index (χ2v) is 14.0. The topological polar surface area (TPSA) is 38.7 Å². The van der Waals surface area contributed by atoms with Gasteiger partial charge in [0.05, 0.1) is 0 Å². The van der Waals surface area contributed by atoms with E-state index in [0.717, 1.165) is 43.6 Å². The van der Waals surface area contributed by atoms with Crippen molar-refractivity contribution in [2.75, 3.05) is 0 Å². The van der Waals surface area contributed by atoms with Crippen LogP contribution in [0, 0.1) is 0 Å². The van der Waals surface area contributed by atoms with E-state index < -0.39 is 0 Å². The Hall–Kier alpha value is -6.45. The van der Waals surface area contributed by atoms with Crippen molar-refractivity contribution in [1.82, 2.24) is 15.0 Å². The number of hydrogen-bond donors (Lipinski definition) is 0. The second-order valence-electron chi connectivity index (χ2n) is 14.0. The molecule has 0 saturated carbocycles. The van der Waals surface area contributed by atoms with Crippen molar-refractivity contribution in [3.63, 3.8) is 0 Å². The summed E-state index contributed by atoms with van der Waals surface area (Å²) in [6.45, 7) is 4.68. The van der Waals surface area contributed by atoms with Crippen LogP contribution in [0.5, 0.6) is 0 Å². The van der Waals surface area contributed by atoms with Crippen LogP contribution in [-0.2, 0) is 5.41 Å². The standard InChI is InChI=1S/C48H33N3/c1-48(2)43-26-8-7-19-38(43)39-28-27-32(29-44(39)48)35-20-11-22-37-36(35)21-12-25-42(37)47-50-45(40-23-9-15-30-13-3-5-17-33(30)40)49-46(51-47)41-24-10-16-31-14-4-6-18-34(31)41/h3-29H,1-2H3. The Morgan fingerprint density at radius 1 is 0.333 bits per heavy atom. The summed E-state index contributed by atoms with van der Waals surface area (Å²) < 4.78 is 0. The van der Waals surface area contributed by atoms with Gasteiger partial charge in [-0.2, -0.15) is 0 Å². The van der Waals surface area contributed by atoms with Crippen LogP contribution in [-0.4, -0.2) is 15.0 Å². The van der Waals surface area contributed by atoms with Crippen LogP contribution in [0.3, 0.4) is 0 Å². The third-order valence-corrected chi connectivity index (χ3v) is 10.8. The fourth-order valence-electron chi connectivity index (χ4n) is 8.21. The molecule has 0 aliphatic heterocycles. The first-order chi connectivity index (χ1) is 25.0. The summed E-state index contributed by atoms with van der Waals surface area (Å²) in [5.74, 6) is 1.98. The van der Waals surface area contributed by atoms with E-state index in [0.29, 0.717) is 17.5 Å². The van der Waals surface area contributed by atoms with E-state index in [1.54, 1.807) is 0 Å². The molecule has 9 aromatic rings. The first-order valence-electron chi connectivity index (χ1n) is 17.5. The van der Waals surface area contributed by atoms with Crippen LogP contribution in [0.4, 0.5) is 0 Å². The molecule has 51 heavy (non-hydrogen) atoms. The summed E-state index contributed by atoms with van der Waals surface area (Å²) in [5.41, 5.74) is 10.7. The van der Waals surface area contributed by atoms with Crippen LogP contribution in [0.1, 0.15) is 25.0 Å². The predicted octanol–water partition coefficient (Wildman–Crippen LogP) is 12.3. The molecule has 3 heteroatoms. The first-order valence-corrected chi connectivity index (χ1v) is 17.5. The molecule has 8 aromatic carbocycles. The molecule has 1 aliphatic carbocycles. The van der Waals surface area contributed by atoms with E-state index >= 15 is 0 Å². The molecule has 10 rings (SSSR count). The van der Waals surface area contributed by atoms with Crippen LogP contribution in [0.15, 0.2) is 164 Å². The molecule has 240 valence electrons. The Labute approximate surface area is 297 Å². The molecule has 0 fully saturated rings. The minimum absolute atomic E-state index is 0.0709. The van der Waals surface area contributed by atoms with Gasteiger partial charge in [0, 0.05) is 22.1 Å². The number of benzene rings is 8. The van der Waals surface area contributed by atoms with Gasteiger partial charge in [-0.1, -0.05) is 172 Å². The zero-order valence-electron chi connectivity index (χ0n) is 28.4. The fourth-order valence-corrected chi connectivity index (χ4v) is 8.21. The van der Waals surface area contributed by atoms with E-state index in [4.69, 9.17) is 15.0 Å². The van der Waals surface area contributed by atoms with E-state index in [9.17, 15) is 0 Å². The summed E-state index contributed by atoms with van der Waals surface area (Å²) in [7, 11) is 0. The van der Waals surface area contributed by atoms with Gasteiger partial charge in [0.1, 0.15) is 0 Å². The van der Waals surface area contributed by atoms with Crippen molar-refractivity contribution in [1.29, 1.82) is 0 Å². The van der Waals surface area contributed by atoms with Gasteiger partial charge in [-0.05, 0) is 71.8 Å². The number of hydrogen-bond acceptors (Lipinski definition) is 3. The summed E-state index contributed by atoms with van der Waals surface area (Å²) in [4.78, 5) is 15.7. The van der Waals surface area contributed by atoms with Crippen molar-refractivity contribution < 1.29 is 0 Å².